The minimum Gasteiger partial charge on any atom is -0.490 e. The van der Waals surface area contributed by atoms with Crippen LogP contribution >= 0.6 is 11.6 Å². The van der Waals surface area contributed by atoms with Crippen LogP contribution < -0.4 is 10.1 Å². The molecule has 0 amide bonds. The molecular weight excluding hydrogens is 374 g/mol. The molecule has 1 aromatic carbocycles. The molecule has 1 atom stereocenters. The second kappa shape index (κ2) is 20.5. The zero-order chi connectivity index (χ0) is 21.8. The first-order chi connectivity index (χ1) is 13.7. The van der Waals surface area contributed by atoms with Gasteiger partial charge in [0.25, 0.3) is 0 Å². The summed E-state index contributed by atoms with van der Waals surface area (Å²) in [5, 5.41) is 3.33. The molecule has 0 aliphatic carbocycles. The number of nitrogens with one attached hydrogen (secondary N) is 1. The Labute approximate surface area is 178 Å². The molecule has 0 heterocycles. The number of hydrogen-bond acceptors (Lipinski definition) is 4. The molecular formula is C23H42ClNO3. The molecule has 0 bridgehead atoms. The largest absolute Gasteiger partial charge is 0.490 e. The summed E-state index contributed by atoms with van der Waals surface area (Å²) in [5.41, 5.74) is 1.26. The fraction of sp³-hybridized carbons (Fsp3) is 0.696. The Kier molecular flexibility index (Phi) is 21.2. The van der Waals surface area contributed by atoms with E-state index in [1.165, 1.54) is 0 Å². The van der Waals surface area contributed by atoms with Gasteiger partial charge in [-0.05, 0) is 69.5 Å². The summed E-state index contributed by atoms with van der Waals surface area (Å²) in [7, 11) is 0. The lowest BCUT2D eigenvalue weighted by molar-refractivity contribution is 0.0525. The number of rotatable bonds is 12. The highest BCUT2D eigenvalue weighted by Gasteiger charge is 2.14. The molecule has 0 aliphatic heterocycles. The molecule has 0 aromatic heterocycles. The van der Waals surface area contributed by atoms with Crippen LogP contribution in [0.15, 0.2) is 18.2 Å². The van der Waals surface area contributed by atoms with Gasteiger partial charge in [0.15, 0.2) is 0 Å². The van der Waals surface area contributed by atoms with Crippen molar-refractivity contribution in [3.63, 3.8) is 0 Å². The quantitative estimate of drug-likeness (QED) is 0.237. The van der Waals surface area contributed by atoms with Crippen molar-refractivity contribution in [1.82, 2.24) is 5.32 Å². The molecule has 0 saturated carbocycles. The van der Waals surface area contributed by atoms with Crippen LogP contribution in [0.1, 0.15) is 90.1 Å². The van der Waals surface area contributed by atoms with Gasteiger partial charge in [-0.2, -0.15) is 0 Å². The number of esters is 1. The van der Waals surface area contributed by atoms with E-state index in [0.29, 0.717) is 12.2 Å². The van der Waals surface area contributed by atoms with Gasteiger partial charge in [-0.15, -0.1) is 11.6 Å². The molecule has 164 valence electrons. The summed E-state index contributed by atoms with van der Waals surface area (Å²) in [5.74, 6) is 0.678. The Morgan fingerprint density at radius 2 is 1.79 bits per heavy atom. The van der Waals surface area contributed by atoms with Gasteiger partial charge in [0.05, 0.1) is 18.3 Å². The average molecular weight is 416 g/mol. The molecule has 1 rings (SSSR count). The van der Waals surface area contributed by atoms with E-state index < -0.39 is 0 Å². The van der Waals surface area contributed by atoms with Gasteiger partial charge < -0.3 is 14.8 Å². The lowest BCUT2D eigenvalue weighted by Gasteiger charge is -2.18. The van der Waals surface area contributed by atoms with Gasteiger partial charge in [-0.1, -0.05) is 41.5 Å². The normalized spacial score (nSPS) is 10.7. The highest BCUT2D eigenvalue weighted by atomic mass is 35.5. The monoisotopic (exact) mass is 415 g/mol. The van der Waals surface area contributed by atoms with Gasteiger partial charge in [0.2, 0.25) is 0 Å². The number of benzene rings is 1. The number of halogens is 1. The summed E-state index contributed by atoms with van der Waals surface area (Å²) in [6.45, 7) is 16.5. The van der Waals surface area contributed by atoms with Crippen molar-refractivity contribution in [2.75, 3.05) is 19.7 Å². The second-order valence-corrected chi connectivity index (χ2v) is 5.94. The van der Waals surface area contributed by atoms with E-state index in [1.807, 2.05) is 39.8 Å². The average Bonchev–Trinajstić information content (AvgIpc) is 2.75. The van der Waals surface area contributed by atoms with E-state index in [4.69, 9.17) is 21.1 Å². The maximum absolute atomic E-state index is 11.9. The van der Waals surface area contributed by atoms with Crippen molar-refractivity contribution in [2.24, 2.45) is 0 Å². The third-order valence-corrected chi connectivity index (χ3v) is 4.14. The summed E-state index contributed by atoms with van der Waals surface area (Å²) in [6.07, 6.45) is 4.45. The molecule has 0 radical (unpaired) electrons. The highest BCUT2D eigenvalue weighted by Crippen LogP contribution is 2.23. The number of carbonyl (C=O) groups excluding carboxylic acids is 1. The van der Waals surface area contributed by atoms with Crippen LogP contribution in [0, 0.1) is 0 Å². The van der Waals surface area contributed by atoms with Crippen LogP contribution in [0.5, 0.6) is 5.75 Å². The van der Waals surface area contributed by atoms with Crippen molar-refractivity contribution < 1.29 is 14.3 Å². The molecule has 5 heteroatoms. The molecule has 1 aromatic rings. The Morgan fingerprint density at radius 3 is 2.32 bits per heavy atom. The predicted octanol–water partition coefficient (Wildman–Crippen LogP) is 6.59. The van der Waals surface area contributed by atoms with Crippen LogP contribution in [-0.2, 0) is 10.6 Å². The Bertz CT molecular complexity index is 495. The van der Waals surface area contributed by atoms with E-state index in [1.54, 1.807) is 13.0 Å². The van der Waals surface area contributed by atoms with Gasteiger partial charge in [0.1, 0.15) is 5.75 Å². The lowest BCUT2D eigenvalue weighted by atomic mass is 10.1. The first-order valence-corrected chi connectivity index (χ1v) is 11.4. The SMILES string of the molecule is CC.CC.CCNCCCCC(CC)Oc1ccc(C(=O)OCC)c(CCl)c1. The number of unbranched alkanes of at least 4 members (excludes halogenated alkanes) is 1. The zero-order valence-corrected chi connectivity index (χ0v) is 19.8. The van der Waals surface area contributed by atoms with Crippen molar-refractivity contribution in [3.8, 4) is 5.75 Å². The van der Waals surface area contributed by atoms with Gasteiger partial charge in [-0.25, -0.2) is 4.79 Å². The molecule has 0 spiro atoms. The first kappa shape index (κ1) is 28.9. The van der Waals surface area contributed by atoms with Crippen LogP contribution in [0.4, 0.5) is 0 Å². The smallest absolute Gasteiger partial charge is 0.338 e. The van der Waals surface area contributed by atoms with E-state index in [0.717, 1.165) is 50.1 Å². The van der Waals surface area contributed by atoms with Gasteiger partial charge in [0, 0.05) is 5.88 Å². The predicted molar refractivity (Wildman–Crippen MR) is 122 cm³/mol. The lowest BCUT2D eigenvalue weighted by Crippen LogP contribution is -2.18. The minimum atomic E-state index is -0.338. The minimum absolute atomic E-state index is 0.184. The van der Waals surface area contributed by atoms with Crippen LogP contribution in [0.25, 0.3) is 0 Å². The standard InChI is InChI=1S/C19H30ClNO3.2C2H6/c1-4-16(9-7-8-12-21-5-2)24-17-10-11-18(15(13-17)14-20)19(22)23-6-3;2*1-2/h10-11,13,16,21H,4-9,12,14H2,1-3H3;2*1-2H3. The van der Waals surface area contributed by atoms with Crippen molar-refractivity contribution >= 4 is 17.6 Å². The molecule has 1 N–H and O–H groups in total. The molecule has 0 fully saturated rings. The van der Waals surface area contributed by atoms with Gasteiger partial charge >= 0.3 is 5.97 Å². The fourth-order valence-electron chi connectivity index (χ4n) is 2.50. The van der Waals surface area contributed by atoms with Gasteiger partial charge in [-0.3, -0.25) is 0 Å². The maximum Gasteiger partial charge on any atom is 0.338 e. The summed E-state index contributed by atoms with van der Waals surface area (Å²) in [6, 6.07) is 5.41. The summed E-state index contributed by atoms with van der Waals surface area (Å²) >= 11 is 5.98. The van der Waals surface area contributed by atoms with Crippen molar-refractivity contribution in [2.45, 2.75) is 86.1 Å². The number of hydrogen-bond donors (Lipinski definition) is 1. The van der Waals surface area contributed by atoms with E-state index in [2.05, 4.69) is 19.2 Å². The zero-order valence-electron chi connectivity index (χ0n) is 19.1. The molecule has 0 aliphatic rings. The maximum atomic E-state index is 11.9. The Morgan fingerprint density at radius 1 is 1.11 bits per heavy atom. The number of alkyl halides is 1. The van der Waals surface area contributed by atoms with Crippen molar-refractivity contribution in [3.05, 3.63) is 29.3 Å². The number of ether oxygens (including phenoxy) is 2. The second-order valence-electron chi connectivity index (χ2n) is 5.67. The molecule has 1 unspecified atom stereocenters. The Hall–Kier alpha value is -1.26. The van der Waals surface area contributed by atoms with E-state index in [9.17, 15) is 4.79 Å². The fourth-order valence-corrected chi connectivity index (χ4v) is 2.72. The van der Waals surface area contributed by atoms with Crippen molar-refractivity contribution in [1.29, 1.82) is 0 Å². The molecule has 0 saturated heterocycles. The van der Waals surface area contributed by atoms with Crippen LogP contribution in [0.3, 0.4) is 0 Å². The topological polar surface area (TPSA) is 47.6 Å². The molecule has 4 nitrogen and oxygen atoms in total. The third kappa shape index (κ3) is 12.2. The number of carbonyl (C=O) groups is 1. The first-order valence-electron chi connectivity index (χ1n) is 10.9. The van der Waals surface area contributed by atoms with Crippen LogP contribution in [0.2, 0.25) is 0 Å². The summed E-state index contributed by atoms with van der Waals surface area (Å²) < 4.78 is 11.1. The summed E-state index contributed by atoms with van der Waals surface area (Å²) in [4.78, 5) is 11.9. The van der Waals surface area contributed by atoms with E-state index >= 15 is 0 Å². The third-order valence-electron chi connectivity index (χ3n) is 3.85. The molecule has 28 heavy (non-hydrogen) atoms. The highest BCUT2D eigenvalue weighted by molar-refractivity contribution is 6.17. The Balaban J connectivity index is 0. The van der Waals surface area contributed by atoms with E-state index in [-0.39, 0.29) is 18.0 Å². The van der Waals surface area contributed by atoms with Crippen LogP contribution in [-0.4, -0.2) is 31.8 Å².